The van der Waals surface area contributed by atoms with Gasteiger partial charge in [-0.15, -0.1) is 0 Å². The maximum absolute atomic E-state index is 12.6. The smallest absolute Gasteiger partial charge is 0.306 e. The molecule has 0 unspecified atom stereocenters. The molecule has 1 heterocycles. The van der Waals surface area contributed by atoms with Gasteiger partial charge in [0.25, 0.3) is 0 Å². The zero-order valence-corrected chi connectivity index (χ0v) is 20.5. The van der Waals surface area contributed by atoms with Crippen LogP contribution in [-0.2, 0) is 27.4 Å². The Morgan fingerprint density at radius 3 is 2.38 bits per heavy atom. The highest BCUT2D eigenvalue weighted by molar-refractivity contribution is 6.33. The third-order valence-electron chi connectivity index (χ3n) is 5.37. The van der Waals surface area contributed by atoms with Crippen molar-refractivity contribution < 1.29 is 33.3 Å². The number of esters is 1. The van der Waals surface area contributed by atoms with E-state index in [4.69, 9.17) is 35.3 Å². The van der Waals surface area contributed by atoms with Crippen molar-refractivity contribution in [3.05, 3.63) is 46.5 Å². The molecular weight excluding hydrogens is 462 g/mol. The minimum atomic E-state index is -0.377. The first kappa shape index (κ1) is 25.5. The molecule has 0 N–H and O–H groups in total. The van der Waals surface area contributed by atoms with Gasteiger partial charge in [0.15, 0.2) is 23.0 Å². The number of ether oxygens (including phenoxy) is 5. The Balaban J connectivity index is 1.57. The molecule has 0 spiro atoms. The first-order chi connectivity index (χ1) is 16.5. The average Bonchev–Trinajstić information content (AvgIpc) is 3.28. The number of nitrogens with zero attached hydrogens (tertiary/aromatic N) is 1. The molecule has 2 aromatic carbocycles. The monoisotopic (exact) mass is 491 g/mol. The molecule has 9 heteroatoms. The SMILES string of the molecule is CCOC(=O)CCC(=O)N1Cc2cc(OC)c(OCCCOc3ccccc3OC)c(Cl)c2C1. The molecule has 0 fully saturated rings. The van der Waals surface area contributed by atoms with E-state index in [1.165, 1.54) is 0 Å². The van der Waals surface area contributed by atoms with Crippen molar-refractivity contribution in [2.75, 3.05) is 34.0 Å². The van der Waals surface area contributed by atoms with Crippen molar-refractivity contribution in [3.63, 3.8) is 0 Å². The number of hydrogen-bond acceptors (Lipinski definition) is 7. The Morgan fingerprint density at radius 2 is 1.68 bits per heavy atom. The highest BCUT2D eigenvalue weighted by atomic mass is 35.5. The molecule has 0 saturated carbocycles. The van der Waals surface area contributed by atoms with Crippen LogP contribution in [-0.4, -0.2) is 50.8 Å². The highest BCUT2D eigenvalue weighted by Gasteiger charge is 2.29. The summed E-state index contributed by atoms with van der Waals surface area (Å²) >= 11 is 6.66. The predicted octanol–water partition coefficient (Wildman–Crippen LogP) is 4.39. The quantitative estimate of drug-likeness (QED) is 0.321. The molecule has 2 aromatic rings. The number of carbonyl (C=O) groups excluding carboxylic acids is 2. The maximum Gasteiger partial charge on any atom is 0.306 e. The highest BCUT2D eigenvalue weighted by Crippen LogP contribution is 2.43. The van der Waals surface area contributed by atoms with E-state index < -0.39 is 0 Å². The van der Waals surface area contributed by atoms with Crippen molar-refractivity contribution >= 4 is 23.5 Å². The second-order valence-corrected chi connectivity index (χ2v) is 7.99. The Kier molecular flexibility index (Phi) is 9.27. The number of para-hydroxylation sites is 2. The van der Waals surface area contributed by atoms with Gasteiger partial charge in [0.05, 0.1) is 45.5 Å². The zero-order chi connectivity index (χ0) is 24.5. The number of hydrogen-bond donors (Lipinski definition) is 0. The van der Waals surface area contributed by atoms with Crippen LogP contribution in [0.4, 0.5) is 0 Å². The second-order valence-electron chi connectivity index (χ2n) is 7.62. The molecule has 1 amide bonds. The second kappa shape index (κ2) is 12.4. The van der Waals surface area contributed by atoms with Gasteiger partial charge in [-0.2, -0.15) is 0 Å². The third-order valence-corrected chi connectivity index (χ3v) is 5.77. The summed E-state index contributed by atoms with van der Waals surface area (Å²) < 4.78 is 27.4. The third kappa shape index (κ3) is 6.26. The van der Waals surface area contributed by atoms with Crippen LogP contribution < -0.4 is 18.9 Å². The number of methoxy groups -OCH3 is 2. The summed E-state index contributed by atoms with van der Waals surface area (Å²) in [7, 11) is 3.15. The van der Waals surface area contributed by atoms with E-state index >= 15 is 0 Å². The lowest BCUT2D eigenvalue weighted by atomic mass is 10.1. The van der Waals surface area contributed by atoms with Gasteiger partial charge in [-0.25, -0.2) is 0 Å². The molecule has 184 valence electrons. The fourth-order valence-electron chi connectivity index (χ4n) is 3.68. The van der Waals surface area contributed by atoms with Crippen molar-refractivity contribution in [2.45, 2.75) is 39.3 Å². The van der Waals surface area contributed by atoms with Gasteiger partial charge in [0.1, 0.15) is 0 Å². The summed E-state index contributed by atoms with van der Waals surface area (Å²) in [6.07, 6.45) is 0.770. The molecule has 0 radical (unpaired) electrons. The van der Waals surface area contributed by atoms with Crippen LogP contribution in [0.1, 0.15) is 37.3 Å². The van der Waals surface area contributed by atoms with Crippen LogP contribution >= 0.6 is 11.6 Å². The minimum Gasteiger partial charge on any atom is -0.493 e. The first-order valence-electron chi connectivity index (χ1n) is 11.2. The van der Waals surface area contributed by atoms with E-state index in [0.717, 1.165) is 11.1 Å². The van der Waals surface area contributed by atoms with Gasteiger partial charge in [-0.3, -0.25) is 9.59 Å². The predicted molar refractivity (Wildman–Crippen MR) is 127 cm³/mol. The van der Waals surface area contributed by atoms with Gasteiger partial charge >= 0.3 is 5.97 Å². The Labute approximate surface area is 204 Å². The van der Waals surface area contributed by atoms with Crippen molar-refractivity contribution in [1.82, 2.24) is 4.90 Å². The molecule has 0 saturated heterocycles. The van der Waals surface area contributed by atoms with Crippen LogP contribution in [0.2, 0.25) is 5.02 Å². The molecule has 8 nitrogen and oxygen atoms in total. The minimum absolute atomic E-state index is 0.0574. The van der Waals surface area contributed by atoms with E-state index in [2.05, 4.69) is 0 Å². The van der Waals surface area contributed by atoms with Crippen molar-refractivity contribution in [1.29, 1.82) is 0 Å². The Morgan fingerprint density at radius 1 is 0.971 bits per heavy atom. The summed E-state index contributed by atoms with van der Waals surface area (Å²) in [6.45, 7) is 3.60. The Hall–Kier alpha value is -3.13. The lowest BCUT2D eigenvalue weighted by Crippen LogP contribution is -2.25. The molecule has 0 atom stereocenters. The van der Waals surface area contributed by atoms with E-state index in [1.807, 2.05) is 30.3 Å². The zero-order valence-electron chi connectivity index (χ0n) is 19.7. The number of carbonyl (C=O) groups is 2. The van der Waals surface area contributed by atoms with Gasteiger partial charge < -0.3 is 28.6 Å². The molecule has 34 heavy (non-hydrogen) atoms. The van der Waals surface area contributed by atoms with Gasteiger partial charge in [0, 0.05) is 25.9 Å². The van der Waals surface area contributed by atoms with E-state index in [9.17, 15) is 9.59 Å². The van der Waals surface area contributed by atoms with E-state index in [-0.39, 0.29) is 24.7 Å². The summed E-state index contributed by atoms with van der Waals surface area (Å²) in [5, 5.41) is 0.431. The van der Waals surface area contributed by atoms with Crippen LogP contribution in [0.25, 0.3) is 0 Å². The summed E-state index contributed by atoms with van der Waals surface area (Å²) in [5.74, 6) is 1.79. The lowest BCUT2D eigenvalue weighted by Gasteiger charge is -2.16. The number of benzene rings is 2. The number of fused-ring (bicyclic) bond motifs is 1. The fraction of sp³-hybridized carbons (Fsp3) is 0.440. The number of amides is 1. The van der Waals surface area contributed by atoms with E-state index in [1.54, 1.807) is 26.0 Å². The summed E-state index contributed by atoms with van der Waals surface area (Å²) in [5.41, 5.74) is 1.73. The standard InChI is InChI=1S/C25H30ClNO7/c1-4-32-23(29)11-10-22(28)27-15-17-14-21(31-3)25(24(26)18(17)16-27)34-13-7-12-33-20-9-6-5-8-19(20)30-2/h5-6,8-9,14H,4,7,10-13,15-16H2,1-3H3. The maximum atomic E-state index is 12.6. The Bertz CT molecular complexity index is 1010. The molecule has 0 bridgehead atoms. The molecule has 1 aliphatic heterocycles. The topological polar surface area (TPSA) is 83.5 Å². The first-order valence-corrected chi connectivity index (χ1v) is 11.6. The lowest BCUT2D eigenvalue weighted by molar-refractivity contribution is -0.145. The van der Waals surface area contributed by atoms with Crippen LogP contribution in [0, 0.1) is 0 Å². The van der Waals surface area contributed by atoms with Gasteiger partial charge in [-0.1, -0.05) is 23.7 Å². The van der Waals surface area contributed by atoms with Gasteiger partial charge in [0.2, 0.25) is 5.91 Å². The molecular formula is C25H30ClNO7. The number of rotatable bonds is 12. The largest absolute Gasteiger partial charge is 0.493 e. The average molecular weight is 492 g/mol. The molecule has 0 aliphatic carbocycles. The van der Waals surface area contributed by atoms with Crippen LogP contribution in [0.3, 0.4) is 0 Å². The summed E-state index contributed by atoms with van der Waals surface area (Å²) in [4.78, 5) is 25.8. The van der Waals surface area contributed by atoms with Crippen LogP contribution in [0.15, 0.2) is 30.3 Å². The number of halogens is 1. The van der Waals surface area contributed by atoms with Crippen molar-refractivity contribution in [2.24, 2.45) is 0 Å². The summed E-state index contributed by atoms with van der Waals surface area (Å²) in [6, 6.07) is 9.30. The van der Waals surface area contributed by atoms with Crippen molar-refractivity contribution in [3.8, 4) is 23.0 Å². The molecule has 0 aromatic heterocycles. The van der Waals surface area contributed by atoms with E-state index in [0.29, 0.717) is 67.4 Å². The fourth-order valence-corrected chi connectivity index (χ4v) is 4.01. The van der Waals surface area contributed by atoms with Crippen LogP contribution in [0.5, 0.6) is 23.0 Å². The molecule has 1 aliphatic rings. The normalized spacial score (nSPS) is 12.2. The van der Waals surface area contributed by atoms with Gasteiger partial charge in [-0.05, 0) is 36.2 Å². The molecule has 3 rings (SSSR count).